The topological polar surface area (TPSA) is 3.24 Å². The first kappa shape index (κ1) is 10.7. The molecule has 0 spiro atoms. The number of hydrogen-bond acceptors (Lipinski definition) is 2. The Morgan fingerprint density at radius 2 is 1.73 bits per heavy atom. The van der Waals surface area contributed by atoms with Crippen LogP contribution in [-0.2, 0) is 5.41 Å². The Bertz CT molecular complexity index is 449. The molecule has 1 aromatic carbocycles. The predicted molar refractivity (Wildman–Crippen MR) is 71.5 cm³/mol. The van der Waals surface area contributed by atoms with Gasteiger partial charge in [-0.25, -0.2) is 0 Å². The monoisotopic (exact) mass is 235 g/mol. The zero-order valence-electron chi connectivity index (χ0n) is 9.07. The average molecular weight is 235 g/mol. The second kappa shape index (κ2) is 3.35. The molecule has 0 N–H and O–H groups in total. The first-order chi connectivity index (χ1) is 6.96. The van der Waals surface area contributed by atoms with Crippen LogP contribution in [0.2, 0.25) is 0 Å². The van der Waals surface area contributed by atoms with E-state index in [-0.39, 0.29) is 5.41 Å². The SMILES string of the molecule is CN1C(=S)c2ccccc2C(C)(C)C1=S. The Morgan fingerprint density at radius 1 is 1.13 bits per heavy atom. The number of nitrogens with zero attached hydrogens (tertiary/aromatic N) is 1. The minimum atomic E-state index is -0.108. The highest BCUT2D eigenvalue weighted by molar-refractivity contribution is 7.82. The minimum absolute atomic E-state index is 0.108. The number of hydrogen-bond donors (Lipinski definition) is 0. The van der Waals surface area contributed by atoms with Crippen LogP contribution in [0.5, 0.6) is 0 Å². The van der Waals surface area contributed by atoms with Gasteiger partial charge in [0.2, 0.25) is 0 Å². The Morgan fingerprint density at radius 3 is 2.40 bits per heavy atom. The molecule has 1 aromatic rings. The van der Waals surface area contributed by atoms with Crippen molar-refractivity contribution in [1.29, 1.82) is 0 Å². The van der Waals surface area contributed by atoms with Crippen molar-refractivity contribution < 1.29 is 0 Å². The van der Waals surface area contributed by atoms with Gasteiger partial charge in [0.25, 0.3) is 0 Å². The fraction of sp³-hybridized carbons (Fsp3) is 0.333. The van der Waals surface area contributed by atoms with Gasteiger partial charge in [-0.2, -0.15) is 0 Å². The van der Waals surface area contributed by atoms with Crippen LogP contribution < -0.4 is 0 Å². The van der Waals surface area contributed by atoms with E-state index in [2.05, 4.69) is 26.0 Å². The van der Waals surface area contributed by atoms with Gasteiger partial charge in [0.05, 0.1) is 4.99 Å². The minimum Gasteiger partial charge on any atom is -0.329 e. The van der Waals surface area contributed by atoms with E-state index in [9.17, 15) is 0 Å². The summed E-state index contributed by atoms with van der Waals surface area (Å²) in [6, 6.07) is 8.24. The normalized spacial score (nSPS) is 19.0. The molecule has 3 heteroatoms. The molecule has 78 valence electrons. The fourth-order valence-electron chi connectivity index (χ4n) is 2.02. The maximum Gasteiger partial charge on any atom is 0.114 e. The third kappa shape index (κ3) is 1.42. The van der Waals surface area contributed by atoms with Crippen molar-refractivity contribution in [3.8, 4) is 0 Å². The molecule has 0 amide bonds. The van der Waals surface area contributed by atoms with E-state index in [0.29, 0.717) is 0 Å². The Balaban J connectivity index is 2.72. The Hall–Kier alpha value is -0.800. The van der Waals surface area contributed by atoms with Crippen molar-refractivity contribution in [1.82, 2.24) is 4.90 Å². The van der Waals surface area contributed by atoms with E-state index < -0.39 is 0 Å². The van der Waals surface area contributed by atoms with Gasteiger partial charge in [0.1, 0.15) is 4.99 Å². The van der Waals surface area contributed by atoms with E-state index in [1.165, 1.54) is 5.56 Å². The number of thiocarbonyl (C=S) groups is 2. The van der Waals surface area contributed by atoms with Crippen molar-refractivity contribution in [2.75, 3.05) is 7.05 Å². The molecule has 0 atom stereocenters. The van der Waals surface area contributed by atoms with Gasteiger partial charge >= 0.3 is 0 Å². The van der Waals surface area contributed by atoms with Crippen LogP contribution in [0.3, 0.4) is 0 Å². The number of likely N-dealkylation sites (N-methyl/N-ethyl adjacent to an activating group) is 1. The fourth-order valence-corrected chi connectivity index (χ4v) is 2.55. The molecule has 0 saturated heterocycles. The van der Waals surface area contributed by atoms with Crippen LogP contribution in [-0.4, -0.2) is 21.9 Å². The van der Waals surface area contributed by atoms with Crippen LogP contribution in [0.4, 0.5) is 0 Å². The van der Waals surface area contributed by atoms with Gasteiger partial charge < -0.3 is 4.90 Å². The average Bonchev–Trinajstić information content (AvgIpc) is 2.24. The highest BCUT2D eigenvalue weighted by atomic mass is 32.1. The van der Waals surface area contributed by atoms with Gasteiger partial charge in [-0.15, -0.1) is 0 Å². The first-order valence-corrected chi connectivity index (χ1v) is 5.70. The highest BCUT2D eigenvalue weighted by Gasteiger charge is 2.37. The van der Waals surface area contributed by atoms with Crippen LogP contribution in [0.1, 0.15) is 25.0 Å². The quantitative estimate of drug-likeness (QED) is 0.637. The maximum atomic E-state index is 5.46. The molecule has 1 heterocycles. The zero-order chi connectivity index (χ0) is 11.2. The van der Waals surface area contributed by atoms with Gasteiger partial charge in [-0.05, 0) is 19.4 Å². The van der Waals surface area contributed by atoms with Crippen LogP contribution in [0.15, 0.2) is 24.3 Å². The van der Waals surface area contributed by atoms with Crippen LogP contribution in [0, 0.1) is 0 Å². The lowest BCUT2D eigenvalue weighted by atomic mass is 9.78. The number of rotatable bonds is 0. The van der Waals surface area contributed by atoms with E-state index in [0.717, 1.165) is 15.5 Å². The lowest BCUT2D eigenvalue weighted by Crippen LogP contribution is -2.48. The molecule has 15 heavy (non-hydrogen) atoms. The smallest absolute Gasteiger partial charge is 0.114 e. The molecule has 0 aromatic heterocycles. The predicted octanol–water partition coefficient (Wildman–Crippen LogP) is 2.91. The molecule has 0 saturated carbocycles. The molecule has 0 fully saturated rings. The molecule has 0 unspecified atom stereocenters. The standard InChI is InChI=1S/C12H13NS2/c1-12(2)9-7-5-4-6-8(9)10(14)13(3)11(12)15/h4-7H,1-3H3. The molecule has 0 radical (unpaired) electrons. The van der Waals surface area contributed by atoms with E-state index >= 15 is 0 Å². The summed E-state index contributed by atoms with van der Waals surface area (Å²) < 4.78 is 0. The molecule has 0 aliphatic carbocycles. The van der Waals surface area contributed by atoms with E-state index in [1.807, 2.05) is 24.1 Å². The molecule has 1 aliphatic heterocycles. The Labute approximate surface area is 101 Å². The van der Waals surface area contributed by atoms with Crippen molar-refractivity contribution in [3.63, 3.8) is 0 Å². The summed E-state index contributed by atoms with van der Waals surface area (Å²) in [6.45, 7) is 4.29. The first-order valence-electron chi connectivity index (χ1n) is 4.88. The highest BCUT2D eigenvalue weighted by Crippen LogP contribution is 2.34. The summed E-state index contributed by atoms with van der Waals surface area (Å²) in [5.41, 5.74) is 2.26. The third-order valence-electron chi connectivity index (χ3n) is 2.97. The number of benzene rings is 1. The second-order valence-corrected chi connectivity index (χ2v) is 5.11. The van der Waals surface area contributed by atoms with Gasteiger partial charge in [0.15, 0.2) is 0 Å². The van der Waals surface area contributed by atoms with Crippen LogP contribution in [0.25, 0.3) is 0 Å². The summed E-state index contributed by atoms with van der Waals surface area (Å²) in [4.78, 5) is 3.66. The Kier molecular flexibility index (Phi) is 2.40. The lowest BCUT2D eigenvalue weighted by molar-refractivity contribution is 0.610. The molecule has 1 nitrogen and oxygen atoms in total. The number of fused-ring (bicyclic) bond motifs is 1. The molecular formula is C12H13NS2. The summed E-state index contributed by atoms with van der Waals surface area (Å²) in [5.74, 6) is 0. The van der Waals surface area contributed by atoms with Gasteiger partial charge in [-0.1, -0.05) is 48.7 Å². The van der Waals surface area contributed by atoms with E-state index in [4.69, 9.17) is 24.4 Å². The largest absolute Gasteiger partial charge is 0.329 e. The maximum absolute atomic E-state index is 5.46. The lowest BCUT2D eigenvalue weighted by Gasteiger charge is -2.39. The molecule has 2 rings (SSSR count). The van der Waals surface area contributed by atoms with Crippen LogP contribution >= 0.6 is 24.4 Å². The van der Waals surface area contributed by atoms with E-state index in [1.54, 1.807) is 0 Å². The van der Waals surface area contributed by atoms with Gasteiger partial charge in [0, 0.05) is 18.0 Å². The van der Waals surface area contributed by atoms with Crippen molar-refractivity contribution in [3.05, 3.63) is 35.4 Å². The second-order valence-electron chi connectivity index (χ2n) is 4.34. The van der Waals surface area contributed by atoms with Crippen molar-refractivity contribution in [2.45, 2.75) is 19.3 Å². The van der Waals surface area contributed by atoms with Crippen molar-refractivity contribution >= 4 is 34.4 Å². The zero-order valence-corrected chi connectivity index (χ0v) is 10.7. The molecular weight excluding hydrogens is 222 g/mol. The third-order valence-corrected chi connectivity index (χ3v) is 4.25. The summed E-state index contributed by atoms with van der Waals surface area (Å²) in [6.07, 6.45) is 0. The van der Waals surface area contributed by atoms with Crippen molar-refractivity contribution in [2.24, 2.45) is 0 Å². The molecule has 0 bridgehead atoms. The summed E-state index contributed by atoms with van der Waals surface area (Å²) >= 11 is 10.9. The summed E-state index contributed by atoms with van der Waals surface area (Å²) in [5, 5.41) is 0. The molecule has 1 aliphatic rings. The summed E-state index contributed by atoms with van der Waals surface area (Å²) in [7, 11) is 1.95. The van der Waals surface area contributed by atoms with Gasteiger partial charge in [-0.3, -0.25) is 0 Å².